The average molecular weight is 369 g/mol. The third kappa shape index (κ3) is 3.14. The number of hydrogen-bond donors (Lipinski definition) is 0. The Bertz CT molecular complexity index is 802. The van der Waals surface area contributed by atoms with Crippen LogP contribution in [0.5, 0.6) is 0 Å². The van der Waals surface area contributed by atoms with Crippen LogP contribution in [0.3, 0.4) is 0 Å². The first-order valence-corrected chi connectivity index (χ1v) is 8.61. The molecule has 0 radical (unpaired) electrons. The molecule has 5 heteroatoms. The molecule has 1 aliphatic rings. The highest BCUT2D eigenvalue weighted by Gasteiger charge is 2.52. The molecule has 1 saturated carbocycles. The number of halogens is 2. The van der Waals surface area contributed by atoms with E-state index < -0.39 is 17.3 Å². The van der Waals surface area contributed by atoms with Gasteiger partial charge in [-0.15, -0.1) is 0 Å². The van der Waals surface area contributed by atoms with E-state index in [1.807, 2.05) is 0 Å². The maximum Gasteiger partial charge on any atom is 0.158 e. The molecule has 0 N–H and O–H groups in total. The van der Waals surface area contributed by atoms with Crippen LogP contribution in [0.2, 0.25) is 10.0 Å². The first-order valence-electron chi connectivity index (χ1n) is 7.85. The molecule has 0 saturated heterocycles. The summed E-state index contributed by atoms with van der Waals surface area (Å²) in [6.07, 6.45) is 0.347. The van der Waals surface area contributed by atoms with Gasteiger partial charge in [0.1, 0.15) is 5.78 Å². The van der Waals surface area contributed by atoms with Gasteiger partial charge in [0.2, 0.25) is 0 Å². The number of hydrogen-bond acceptors (Lipinski definition) is 3. The predicted octanol–water partition coefficient (Wildman–Crippen LogP) is 5.26. The quantitative estimate of drug-likeness (QED) is 0.726. The lowest BCUT2D eigenvalue weighted by molar-refractivity contribution is -0.122. The second-order valence-electron chi connectivity index (χ2n) is 6.25. The molecule has 1 fully saturated rings. The number of nitriles is 2. The van der Waals surface area contributed by atoms with E-state index in [2.05, 4.69) is 12.1 Å². The van der Waals surface area contributed by atoms with Crippen molar-refractivity contribution >= 4 is 29.0 Å². The fourth-order valence-electron chi connectivity index (χ4n) is 3.59. The summed E-state index contributed by atoms with van der Waals surface area (Å²) in [5, 5.41) is 21.1. The molecule has 2 atom stereocenters. The topological polar surface area (TPSA) is 64.7 Å². The summed E-state index contributed by atoms with van der Waals surface area (Å²) < 4.78 is 0. The average Bonchev–Trinajstić information content (AvgIpc) is 2.63. The predicted molar refractivity (Wildman–Crippen MR) is 96.3 cm³/mol. The summed E-state index contributed by atoms with van der Waals surface area (Å²) in [6.45, 7) is 0. The van der Waals surface area contributed by atoms with E-state index in [9.17, 15) is 15.3 Å². The van der Waals surface area contributed by atoms with Crippen LogP contribution in [0.1, 0.15) is 35.8 Å². The SMILES string of the molecule is N#CC1(C#N)[C@@H](c2ccc(Cl)cc2)CC(=O)C[C@H]1c1ccc(Cl)cc1. The minimum absolute atomic E-state index is 0.0426. The molecule has 25 heavy (non-hydrogen) atoms. The lowest BCUT2D eigenvalue weighted by atomic mass is 9.57. The van der Waals surface area contributed by atoms with Crippen molar-refractivity contribution in [3.63, 3.8) is 0 Å². The van der Waals surface area contributed by atoms with Gasteiger partial charge in [-0.2, -0.15) is 10.5 Å². The molecule has 0 bridgehead atoms. The van der Waals surface area contributed by atoms with Crippen molar-refractivity contribution in [2.24, 2.45) is 5.41 Å². The molecule has 1 aliphatic carbocycles. The van der Waals surface area contributed by atoms with Crippen molar-refractivity contribution in [2.45, 2.75) is 24.7 Å². The van der Waals surface area contributed by atoms with Crippen LogP contribution < -0.4 is 0 Å². The largest absolute Gasteiger partial charge is 0.300 e. The summed E-state index contributed by atoms with van der Waals surface area (Å²) in [5.41, 5.74) is 0.231. The highest BCUT2D eigenvalue weighted by molar-refractivity contribution is 6.30. The molecule has 124 valence electrons. The molecule has 0 amide bonds. The van der Waals surface area contributed by atoms with Crippen molar-refractivity contribution in [1.29, 1.82) is 10.5 Å². The maximum absolute atomic E-state index is 12.4. The van der Waals surface area contributed by atoms with Crippen LogP contribution in [-0.4, -0.2) is 5.78 Å². The van der Waals surface area contributed by atoms with Gasteiger partial charge in [0.15, 0.2) is 5.41 Å². The molecule has 0 unspecified atom stereocenters. The Kier molecular flexibility index (Phi) is 4.82. The van der Waals surface area contributed by atoms with E-state index in [1.165, 1.54) is 0 Å². The fourth-order valence-corrected chi connectivity index (χ4v) is 3.84. The van der Waals surface area contributed by atoms with E-state index in [0.717, 1.165) is 11.1 Å². The third-order valence-electron chi connectivity index (χ3n) is 4.88. The maximum atomic E-state index is 12.4. The monoisotopic (exact) mass is 368 g/mol. The number of ketones is 1. The molecule has 2 aromatic rings. The molecule has 2 aromatic carbocycles. The number of carbonyl (C=O) groups excluding carboxylic acids is 1. The fraction of sp³-hybridized carbons (Fsp3) is 0.250. The highest BCUT2D eigenvalue weighted by atomic mass is 35.5. The molecule has 0 spiro atoms. The summed E-state index contributed by atoms with van der Waals surface area (Å²) >= 11 is 11.9. The molecule has 0 aromatic heterocycles. The normalized spacial score (nSPS) is 22.0. The van der Waals surface area contributed by atoms with Crippen LogP contribution >= 0.6 is 23.2 Å². The Hall–Kier alpha value is -2.33. The summed E-state index contributed by atoms with van der Waals surface area (Å²) in [4.78, 5) is 12.4. The highest BCUT2D eigenvalue weighted by Crippen LogP contribution is 2.53. The molecular weight excluding hydrogens is 355 g/mol. The van der Waals surface area contributed by atoms with E-state index in [0.29, 0.717) is 10.0 Å². The lowest BCUT2D eigenvalue weighted by Crippen LogP contribution is -2.39. The van der Waals surface area contributed by atoms with Gasteiger partial charge in [-0.25, -0.2) is 0 Å². The van der Waals surface area contributed by atoms with Crippen LogP contribution in [-0.2, 0) is 4.79 Å². The van der Waals surface area contributed by atoms with Crippen LogP contribution in [0, 0.1) is 28.1 Å². The second-order valence-corrected chi connectivity index (χ2v) is 7.12. The van der Waals surface area contributed by atoms with Gasteiger partial charge in [-0.1, -0.05) is 47.5 Å². The zero-order valence-electron chi connectivity index (χ0n) is 13.2. The van der Waals surface area contributed by atoms with Gasteiger partial charge >= 0.3 is 0 Å². The van der Waals surface area contributed by atoms with Crippen molar-refractivity contribution in [2.75, 3.05) is 0 Å². The zero-order valence-corrected chi connectivity index (χ0v) is 14.8. The third-order valence-corrected chi connectivity index (χ3v) is 5.38. The van der Waals surface area contributed by atoms with E-state index in [1.54, 1.807) is 48.5 Å². The van der Waals surface area contributed by atoms with Gasteiger partial charge in [-0.05, 0) is 35.4 Å². The Morgan fingerprint density at radius 3 is 1.48 bits per heavy atom. The number of carbonyl (C=O) groups is 1. The molecule has 3 nitrogen and oxygen atoms in total. The lowest BCUT2D eigenvalue weighted by Gasteiger charge is -2.40. The van der Waals surface area contributed by atoms with Crippen LogP contribution in [0.15, 0.2) is 48.5 Å². The Morgan fingerprint density at radius 2 is 1.16 bits per heavy atom. The summed E-state index contributed by atoms with van der Waals surface area (Å²) in [5.74, 6) is -0.954. The number of rotatable bonds is 2. The van der Waals surface area contributed by atoms with E-state index in [4.69, 9.17) is 23.2 Å². The van der Waals surface area contributed by atoms with Crippen molar-refractivity contribution in [3.05, 3.63) is 69.7 Å². The minimum atomic E-state index is -1.32. The number of nitrogens with zero attached hydrogens (tertiary/aromatic N) is 2. The van der Waals surface area contributed by atoms with Gasteiger partial charge in [0.05, 0.1) is 12.1 Å². The van der Waals surface area contributed by atoms with E-state index >= 15 is 0 Å². The zero-order chi connectivity index (χ0) is 18.0. The summed E-state index contributed by atoms with van der Waals surface area (Å²) in [6, 6.07) is 18.5. The summed E-state index contributed by atoms with van der Waals surface area (Å²) in [7, 11) is 0. The van der Waals surface area contributed by atoms with Crippen molar-refractivity contribution in [3.8, 4) is 12.1 Å². The van der Waals surface area contributed by atoms with Gasteiger partial charge in [0.25, 0.3) is 0 Å². The molecule has 0 heterocycles. The first-order chi connectivity index (χ1) is 12.0. The smallest absolute Gasteiger partial charge is 0.158 e. The van der Waals surface area contributed by atoms with Crippen LogP contribution in [0.4, 0.5) is 0 Å². The molecule has 0 aliphatic heterocycles. The Balaban J connectivity index is 2.13. The standard InChI is InChI=1S/C20H14Cl2N2O/c21-15-5-1-13(2-6-15)18-9-17(25)10-19(20(18,11-23)12-24)14-3-7-16(22)8-4-14/h1-8,18-19H,9-10H2/t18-,19+. The van der Waals surface area contributed by atoms with Crippen molar-refractivity contribution in [1.82, 2.24) is 0 Å². The molecule has 3 rings (SSSR count). The van der Waals surface area contributed by atoms with Crippen molar-refractivity contribution < 1.29 is 4.79 Å². The Labute approximate surface area is 156 Å². The van der Waals surface area contributed by atoms with Gasteiger partial charge in [-0.3, -0.25) is 4.79 Å². The Morgan fingerprint density at radius 1 is 0.800 bits per heavy atom. The number of benzene rings is 2. The number of Topliss-reactive ketones (excluding diaryl/α,β-unsaturated/α-hetero) is 1. The van der Waals surface area contributed by atoms with E-state index in [-0.39, 0.29) is 18.6 Å². The van der Waals surface area contributed by atoms with Crippen LogP contribution in [0.25, 0.3) is 0 Å². The molecular formula is C20H14Cl2N2O. The van der Waals surface area contributed by atoms with Gasteiger partial charge in [0, 0.05) is 34.7 Å². The minimum Gasteiger partial charge on any atom is -0.300 e. The van der Waals surface area contributed by atoms with Gasteiger partial charge < -0.3 is 0 Å². The second kappa shape index (κ2) is 6.89. The first kappa shape index (κ1) is 17.5.